The number of hydrogen-bond donors (Lipinski definition) is 1. The summed E-state index contributed by atoms with van der Waals surface area (Å²) in [7, 11) is 0. The van der Waals surface area contributed by atoms with Crippen molar-refractivity contribution in [2.24, 2.45) is 0 Å². The van der Waals surface area contributed by atoms with Gasteiger partial charge < -0.3 is 5.32 Å². The first kappa shape index (κ1) is 7.79. The minimum absolute atomic E-state index is 0.268. The van der Waals surface area contributed by atoms with Crippen LogP contribution in [-0.4, -0.2) is 11.0 Å². The van der Waals surface area contributed by atoms with Gasteiger partial charge in [0.1, 0.15) is 5.82 Å². The lowest BCUT2D eigenvalue weighted by atomic mass is 10.3. The fourth-order valence-electron chi connectivity index (χ4n) is 0.740. The Balaban J connectivity index is 2.57. The Bertz CT molecular complexity index is 218. The maximum atomic E-state index is 4.11. The van der Waals surface area contributed by atoms with Crippen LogP contribution in [0.2, 0.25) is 0 Å². The molecule has 0 saturated carbocycles. The second kappa shape index (κ2) is 3.76. The maximum absolute atomic E-state index is 4.11. The van der Waals surface area contributed by atoms with E-state index < -0.39 is 0 Å². The molecule has 0 bridgehead atoms. The third-order valence-corrected chi connectivity index (χ3v) is 1.39. The van der Waals surface area contributed by atoms with Crippen LogP contribution in [0.15, 0.2) is 37.1 Å². The van der Waals surface area contributed by atoms with Gasteiger partial charge in [0.2, 0.25) is 0 Å². The molecule has 1 unspecified atom stereocenters. The van der Waals surface area contributed by atoms with E-state index in [9.17, 15) is 0 Å². The number of hydrogen-bond acceptors (Lipinski definition) is 2. The summed E-state index contributed by atoms with van der Waals surface area (Å²) in [5.74, 6) is 0.889. The Morgan fingerprint density at radius 1 is 1.64 bits per heavy atom. The topological polar surface area (TPSA) is 24.9 Å². The van der Waals surface area contributed by atoms with Gasteiger partial charge in [0.15, 0.2) is 0 Å². The van der Waals surface area contributed by atoms with E-state index in [1.165, 1.54) is 0 Å². The molecule has 0 fully saturated rings. The zero-order chi connectivity index (χ0) is 8.10. The average Bonchev–Trinajstić information content (AvgIpc) is 2.06. The number of nitrogens with zero attached hydrogens (tertiary/aromatic N) is 1. The van der Waals surface area contributed by atoms with Gasteiger partial charge in [-0.3, -0.25) is 0 Å². The standard InChI is InChI=1S/C9H12N2/c1-3-8(2)11-9-6-4-5-7-10-9/h3-8H,1H2,2H3,(H,10,11). The zero-order valence-electron chi connectivity index (χ0n) is 6.62. The molecule has 11 heavy (non-hydrogen) atoms. The fourth-order valence-corrected chi connectivity index (χ4v) is 0.740. The highest BCUT2D eigenvalue weighted by atomic mass is 15.0. The van der Waals surface area contributed by atoms with Crippen LogP contribution in [0.5, 0.6) is 0 Å². The normalized spacial score (nSPS) is 12.1. The zero-order valence-corrected chi connectivity index (χ0v) is 6.62. The van der Waals surface area contributed by atoms with Crippen LogP contribution in [-0.2, 0) is 0 Å². The molecule has 0 spiro atoms. The van der Waals surface area contributed by atoms with E-state index in [0.29, 0.717) is 0 Å². The van der Waals surface area contributed by atoms with Gasteiger partial charge >= 0.3 is 0 Å². The molecule has 2 heteroatoms. The molecular weight excluding hydrogens is 136 g/mol. The van der Waals surface area contributed by atoms with Crippen LogP contribution in [0.3, 0.4) is 0 Å². The quantitative estimate of drug-likeness (QED) is 0.664. The summed E-state index contributed by atoms with van der Waals surface area (Å²) in [4.78, 5) is 4.11. The summed E-state index contributed by atoms with van der Waals surface area (Å²) >= 11 is 0. The highest BCUT2D eigenvalue weighted by Crippen LogP contribution is 2.01. The number of pyridine rings is 1. The van der Waals surface area contributed by atoms with Crippen LogP contribution in [0.4, 0.5) is 5.82 Å². The molecule has 0 radical (unpaired) electrons. The van der Waals surface area contributed by atoms with Crippen LogP contribution >= 0.6 is 0 Å². The predicted octanol–water partition coefficient (Wildman–Crippen LogP) is 2.07. The lowest BCUT2D eigenvalue weighted by Crippen LogP contribution is -2.11. The smallest absolute Gasteiger partial charge is 0.126 e. The van der Waals surface area contributed by atoms with Gasteiger partial charge in [-0.1, -0.05) is 12.1 Å². The fraction of sp³-hybridized carbons (Fsp3) is 0.222. The summed E-state index contributed by atoms with van der Waals surface area (Å²) in [5.41, 5.74) is 0. The van der Waals surface area contributed by atoms with E-state index in [1.54, 1.807) is 6.20 Å². The lowest BCUT2D eigenvalue weighted by Gasteiger charge is -2.08. The van der Waals surface area contributed by atoms with Crippen LogP contribution in [0.25, 0.3) is 0 Å². The Morgan fingerprint density at radius 3 is 3.00 bits per heavy atom. The van der Waals surface area contributed by atoms with Crippen molar-refractivity contribution in [2.75, 3.05) is 5.32 Å². The third-order valence-electron chi connectivity index (χ3n) is 1.39. The Kier molecular flexibility index (Phi) is 2.66. The summed E-state index contributed by atoms with van der Waals surface area (Å²) in [6, 6.07) is 6.04. The second-order valence-electron chi connectivity index (χ2n) is 2.38. The van der Waals surface area contributed by atoms with Crippen LogP contribution in [0.1, 0.15) is 6.92 Å². The van der Waals surface area contributed by atoms with Crippen LogP contribution in [0, 0.1) is 0 Å². The van der Waals surface area contributed by atoms with E-state index >= 15 is 0 Å². The molecule has 0 aliphatic heterocycles. The summed E-state index contributed by atoms with van der Waals surface area (Å²) in [5, 5.41) is 3.16. The Hall–Kier alpha value is -1.31. The number of anilines is 1. The molecule has 1 heterocycles. The van der Waals surface area contributed by atoms with Crippen molar-refractivity contribution in [1.82, 2.24) is 4.98 Å². The molecular formula is C9H12N2. The molecule has 1 rings (SSSR count). The van der Waals surface area contributed by atoms with Gasteiger partial charge in [0.25, 0.3) is 0 Å². The first-order valence-corrected chi connectivity index (χ1v) is 3.63. The Morgan fingerprint density at radius 2 is 2.45 bits per heavy atom. The highest BCUT2D eigenvalue weighted by Gasteiger charge is 1.94. The van der Waals surface area contributed by atoms with Gasteiger partial charge in [0.05, 0.1) is 0 Å². The van der Waals surface area contributed by atoms with E-state index in [2.05, 4.69) is 16.9 Å². The van der Waals surface area contributed by atoms with Crippen molar-refractivity contribution in [3.05, 3.63) is 37.1 Å². The van der Waals surface area contributed by atoms with Gasteiger partial charge in [-0.2, -0.15) is 0 Å². The molecule has 58 valence electrons. The average molecular weight is 148 g/mol. The number of nitrogens with one attached hydrogen (secondary N) is 1. The van der Waals surface area contributed by atoms with Gasteiger partial charge in [0, 0.05) is 12.2 Å². The first-order valence-electron chi connectivity index (χ1n) is 3.63. The largest absolute Gasteiger partial charge is 0.364 e. The Labute approximate surface area is 67.0 Å². The molecule has 0 aliphatic rings. The van der Waals surface area contributed by atoms with Gasteiger partial charge in [-0.15, -0.1) is 6.58 Å². The van der Waals surface area contributed by atoms with Crippen molar-refractivity contribution >= 4 is 5.82 Å². The minimum atomic E-state index is 0.268. The molecule has 0 aliphatic carbocycles. The van der Waals surface area contributed by atoms with Crippen LogP contribution < -0.4 is 5.32 Å². The van der Waals surface area contributed by atoms with E-state index in [0.717, 1.165) is 5.82 Å². The predicted molar refractivity (Wildman–Crippen MR) is 47.5 cm³/mol. The number of rotatable bonds is 3. The van der Waals surface area contributed by atoms with Crippen molar-refractivity contribution in [2.45, 2.75) is 13.0 Å². The van der Waals surface area contributed by atoms with Crippen molar-refractivity contribution in [3.63, 3.8) is 0 Å². The molecule has 0 aromatic carbocycles. The molecule has 1 N–H and O–H groups in total. The van der Waals surface area contributed by atoms with Crippen molar-refractivity contribution < 1.29 is 0 Å². The van der Waals surface area contributed by atoms with E-state index in [-0.39, 0.29) is 6.04 Å². The van der Waals surface area contributed by atoms with Gasteiger partial charge in [-0.05, 0) is 19.1 Å². The van der Waals surface area contributed by atoms with E-state index in [1.807, 2.05) is 31.2 Å². The third kappa shape index (κ3) is 2.42. The SMILES string of the molecule is C=CC(C)Nc1ccccn1. The monoisotopic (exact) mass is 148 g/mol. The molecule has 2 nitrogen and oxygen atoms in total. The second-order valence-corrected chi connectivity index (χ2v) is 2.38. The summed E-state index contributed by atoms with van der Waals surface area (Å²) < 4.78 is 0. The van der Waals surface area contributed by atoms with E-state index in [4.69, 9.17) is 0 Å². The maximum Gasteiger partial charge on any atom is 0.126 e. The lowest BCUT2D eigenvalue weighted by molar-refractivity contribution is 0.984. The molecule has 1 atom stereocenters. The molecule has 1 aromatic rings. The van der Waals surface area contributed by atoms with Gasteiger partial charge in [-0.25, -0.2) is 4.98 Å². The summed E-state index contributed by atoms with van der Waals surface area (Å²) in [6.07, 6.45) is 3.60. The highest BCUT2D eigenvalue weighted by molar-refractivity contribution is 5.35. The molecule has 1 aromatic heterocycles. The van der Waals surface area contributed by atoms with Crippen molar-refractivity contribution in [3.8, 4) is 0 Å². The minimum Gasteiger partial charge on any atom is -0.364 e. The summed E-state index contributed by atoms with van der Waals surface area (Å²) in [6.45, 7) is 5.70. The first-order chi connectivity index (χ1) is 5.33. The van der Waals surface area contributed by atoms with Crippen molar-refractivity contribution in [1.29, 1.82) is 0 Å². The number of aromatic nitrogens is 1. The molecule has 0 amide bonds. The molecule has 0 saturated heterocycles.